The van der Waals surface area contributed by atoms with E-state index in [1.54, 1.807) is 0 Å². The Bertz CT molecular complexity index is 1160. The number of carbonyl (C=O) groups is 3. The summed E-state index contributed by atoms with van der Waals surface area (Å²) in [5, 5.41) is 45.6. The molecule has 3 aliphatic rings. The molecule has 0 saturated heterocycles. The molecule has 0 heterocycles. The van der Waals surface area contributed by atoms with Crippen LogP contribution >= 0.6 is 12.2 Å². The predicted molar refractivity (Wildman–Crippen MR) is 112 cm³/mol. The van der Waals surface area contributed by atoms with Gasteiger partial charge in [0.2, 0.25) is 5.78 Å². The predicted octanol–water partition coefficient (Wildman–Crippen LogP) is 0.0794. The van der Waals surface area contributed by atoms with Gasteiger partial charge in [-0.05, 0) is 48.7 Å². The smallest absolute Gasteiger partial charge is 0.255 e. The molecule has 11 heteroatoms. The number of hydrogen-bond donors (Lipinski definition) is 7. The third-order valence-electron chi connectivity index (χ3n) is 6.20. The molecule has 0 radical (unpaired) electrons. The lowest BCUT2D eigenvalue weighted by molar-refractivity contribution is -0.147. The zero-order valence-electron chi connectivity index (χ0n) is 16.0. The molecule has 2 unspecified atom stereocenters. The Kier molecular flexibility index (Phi) is 4.56. The molecule has 4 rings (SSSR count). The number of primary amides is 1. The quantitative estimate of drug-likeness (QED) is 0.186. The summed E-state index contributed by atoms with van der Waals surface area (Å²) in [6.45, 7) is 0. The lowest BCUT2D eigenvalue weighted by atomic mass is 9.59. The zero-order chi connectivity index (χ0) is 22.8. The number of Topliss-reactive ketones (excluding diaryl/α,β-unsaturated/α-hetero) is 2. The molecule has 1 fully saturated rings. The van der Waals surface area contributed by atoms with Crippen LogP contribution in [0.5, 0.6) is 5.75 Å². The molecule has 9 N–H and O–H groups in total. The third-order valence-corrected chi connectivity index (χ3v) is 6.31. The number of ketones is 2. The number of rotatable bonds is 2. The number of thiocarbonyl (C=S) groups is 1. The van der Waals surface area contributed by atoms with E-state index in [0.717, 1.165) is 0 Å². The first-order valence-corrected chi connectivity index (χ1v) is 9.77. The highest BCUT2D eigenvalue weighted by Crippen LogP contribution is 2.52. The molecule has 3 aliphatic carbocycles. The molecule has 1 saturated carbocycles. The Morgan fingerprint density at radius 3 is 2.45 bits per heavy atom. The number of aliphatic hydroxyl groups is 3. The molecular weight excluding hydrogens is 426 g/mol. The van der Waals surface area contributed by atoms with E-state index in [0.29, 0.717) is 11.3 Å². The van der Waals surface area contributed by atoms with E-state index in [2.05, 4.69) is 5.32 Å². The van der Waals surface area contributed by atoms with Crippen LogP contribution in [0.2, 0.25) is 0 Å². The Hall–Kier alpha value is -3.44. The number of benzene rings is 1. The van der Waals surface area contributed by atoms with Gasteiger partial charge in [-0.15, -0.1) is 0 Å². The maximum absolute atomic E-state index is 13.3. The van der Waals surface area contributed by atoms with Crippen molar-refractivity contribution in [3.63, 3.8) is 0 Å². The summed E-state index contributed by atoms with van der Waals surface area (Å²) in [7, 11) is 0. The first-order chi connectivity index (χ1) is 14.5. The minimum atomic E-state index is -2.58. The normalized spacial score (nSPS) is 27.4. The van der Waals surface area contributed by atoms with Crippen molar-refractivity contribution in [3.8, 4) is 5.75 Å². The van der Waals surface area contributed by atoms with Crippen LogP contribution < -0.4 is 16.8 Å². The summed E-state index contributed by atoms with van der Waals surface area (Å²) >= 11 is 4.86. The van der Waals surface area contributed by atoms with Crippen LogP contribution in [0.25, 0.3) is 5.76 Å². The van der Waals surface area contributed by atoms with Gasteiger partial charge in [-0.2, -0.15) is 0 Å². The fourth-order valence-corrected chi connectivity index (χ4v) is 4.98. The largest absolute Gasteiger partial charge is 0.508 e. The van der Waals surface area contributed by atoms with Gasteiger partial charge in [0.15, 0.2) is 16.5 Å². The molecule has 1 aromatic rings. The average molecular weight is 445 g/mol. The summed E-state index contributed by atoms with van der Waals surface area (Å²) in [6, 6.07) is 2.80. The Balaban J connectivity index is 1.92. The van der Waals surface area contributed by atoms with Crippen molar-refractivity contribution in [2.75, 3.05) is 5.32 Å². The molecule has 10 nitrogen and oxygen atoms in total. The Morgan fingerprint density at radius 2 is 1.84 bits per heavy atom. The summed E-state index contributed by atoms with van der Waals surface area (Å²) in [5.41, 5.74) is 7.93. The van der Waals surface area contributed by atoms with Gasteiger partial charge in [0.25, 0.3) is 5.91 Å². The topological polar surface area (TPSA) is 196 Å². The number of phenolic OH excluding ortho intramolecular Hbond substituents is 1. The van der Waals surface area contributed by atoms with Gasteiger partial charge in [0, 0.05) is 23.6 Å². The lowest BCUT2D eigenvalue weighted by Crippen LogP contribution is -2.58. The van der Waals surface area contributed by atoms with Gasteiger partial charge >= 0.3 is 0 Å². The van der Waals surface area contributed by atoms with Crippen LogP contribution in [0.15, 0.2) is 29.0 Å². The van der Waals surface area contributed by atoms with Gasteiger partial charge in [0.1, 0.15) is 22.8 Å². The molecule has 0 aliphatic heterocycles. The molecule has 0 aromatic heterocycles. The number of hydrogen-bond acceptors (Lipinski definition) is 8. The van der Waals surface area contributed by atoms with E-state index in [-0.39, 0.29) is 41.3 Å². The number of fused-ring (bicyclic) bond motifs is 3. The molecule has 0 spiro atoms. The van der Waals surface area contributed by atoms with Gasteiger partial charge in [-0.25, -0.2) is 0 Å². The summed E-state index contributed by atoms with van der Waals surface area (Å²) < 4.78 is 0. The number of aromatic hydroxyl groups is 1. The highest BCUT2D eigenvalue weighted by atomic mass is 32.1. The molecule has 1 amide bonds. The van der Waals surface area contributed by atoms with Crippen LogP contribution in [-0.4, -0.2) is 48.6 Å². The molecule has 1 aromatic carbocycles. The third kappa shape index (κ3) is 2.81. The van der Waals surface area contributed by atoms with Crippen molar-refractivity contribution >= 4 is 46.3 Å². The molecule has 0 bridgehead atoms. The van der Waals surface area contributed by atoms with Crippen molar-refractivity contribution in [1.82, 2.24) is 0 Å². The number of aliphatic hydroxyl groups excluding tert-OH is 2. The van der Waals surface area contributed by atoms with Crippen molar-refractivity contribution in [1.29, 1.82) is 0 Å². The highest BCUT2D eigenvalue weighted by Gasteiger charge is 2.60. The van der Waals surface area contributed by atoms with Gasteiger partial charge in [-0.3, -0.25) is 14.4 Å². The summed E-state index contributed by atoms with van der Waals surface area (Å²) in [6.07, 6.45) is -0.168. The van der Waals surface area contributed by atoms with Crippen molar-refractivity contribution < 1.29 is 34.8 Å². The molecule has 31 heavy (non-hydrogen) atoms. The number of anilines is 1. The van der Waals surface area contributed by atoms with E-state index in [9.17, 15) is 34.8 Å². The fraction of sp³-hybridized carbons (Fsp3) is 0.300. The SMILES string of the molecule is NC(=O)C1=C(O)[C@@]2(O)C(=O)C3=C(O)c4c(O)ccc(NC(N)=S)c4CC3CC2CC1=O. The fourth-order valence-electron chi connectivity index (χ4n) is 4.87. The first kappa shape index (κ1) is 20.8. The molecule has 3 atom stereocenters. The van der Waals surface area contributed by atoms with Gasteiger partial charge < -0.3 is 37.2 Å². The number of nitrogens with one attached hydrogen (secondary N) is 1. The highest BCUT2D eigenvalue weighted by molar-refractivity contribution is 7.80. The van der Waals surface area contributed by atoms with Crippen LogP contribution in [0.1, 0.15) is 24.0 Å². The van der Waals surface area contributed by atoms with Crippen LogP contribution in [0.3, 0.4) is 0 Å². The van der Waals surface area contributed by atoms with Crippen LogP contribution in [0.4, 0.5) is 5.69 Å². The van der Waals surface area contributed by atoms with E-state index < -0.39 is 52.0 Å². The van der Waals surface area contributed by atoms with Gasteiger partial charge in [0.05, 0.1) is 5.56 Å². The standard InChI is InChI=1S/C20H19N3O7S/c21-18(29)14-11(25)5-7-3-6-4-8-9(23-19(22)31)1-2-10(24)13(8)15(26)12(6)16(27)20(7,30)17(14)28/h1-2,6-7,24,26,28,30H,3-5H2,(H2,21,29)(H3,22,23,31)/t6?,7?,20-/m0/s1. The maximum Gasteiger partial charge on any atom is 0.255 e. The number of carbonyl (C=O) groups excluding carboxylic acids is 3. The molecular formula is C20H19N3O7S. The summed E-state index contributed by atoms with van der Waals surface area (Å²) in [4.78, 5) is 37.3. The number of phenols is 1. The van der Waals surface area contributed by atoms with E-state index in [4.69, 9.17) is 23.7 Å². The maximum atomic E-state index is 13.3. The second-order valence-corrected chi connectivity index (χ2v) is 8.32. The Morgan fingerprint density at radius 1 is 1.16 bits per heavy atom. The van der Waals surface area contributed by atoms with E-state index in [1.165, 1.54) is 12.1 Å². The lowest BCUT2D eigenvalue weighted by Gasteiger charge is -2.46. The Labute approximate surface area is 180 Å². The number of nitrogens with two attached hydrogens (primary N) is 2. The second-order valence-electron chi connectivity index (χ2n) is 7.88. The summed E-state index contributed by atoms with van der Waals surface area (Å²) in [5.74, 6) is -6.73. The van der Waals surface area contributed by atoms with Crippen molar-refractivity contribution in [3.05, 3.63) is 40.2 Å². The van der Waals surface area contributed by atoms with E-state index >= 15 is 0 Å². The minimum Gasteiger partial charge on any atom is -0.508 e. The van der Waals surface area contributed by atoms with E-state index in [1.807, 2.05) is 0 Å². The second kappa shape index (κ2) is 6.79. The molecule has 162 valence electrons. The van der Waals surface area contributed by atoms with Crippen molar-refractivity contribution in [2.24, 2.45) is 23.3 Å². The van der Waals surface area contributed by atoms with Gasteiger partial charge in [-0.1, -0.05) is 0 Å². The first-order valence-electron chi connectivity index (χ1n) is 9.37. The van der Waals surface area contributed by atoms with Crippen molar-refractivity contribution in [2.45, 2.75) is 24.9 Å². The zero-order valence-corrected chi connectivity index (χ0v) is 16.8. The monoisotopic (exact) mass is 445 g/mol. The van der Waals surface area contributed by atoms with Crippen LogP contribution in [-0.2, 0) is 20.8 Å². The average Bonchev–Trinajstić information content (AvgIpc) is 2.66. The minimum absolute atomic E-state index is 0.0339. The van der Waals surface area contributed by atoms with Crippen LogP contribution in [0, 0.1) is 11.8 Å². The number of amides is 1.